The first-order valence-corrected chi connectivity index (χ1v) is 10.7. The number of benzene rings is 2. The van der Waals surface area contributed by atoms with E-state index in [1.807, 2.05) is 13.8 Å². The van der Waals surface area contributed by atoms with E-state index in [4.69, 9.17) is 4.74 Å². The minimum atomic E-state index is -0.553. The molecule has 1 aliphatic heterocycles. The van der Waals surface area contributed by atoms with E-state index in [1.165, 1.54) is 5.56 Å². The smallest absolute Gasteiger partial charge is 0.265 e. The summed E-state index contributed by atoms with van der Waals surface area (Å²) in [6, 6.07) is 15.2. The molecule has 4 aromatic rings. The lowest BCUT2D eigenvalue weighted by molar-refractivity contribution is -0.122. The van der Waals surface area contributed by atoms with Crippen molar-refractivity contribution in [2.75, 3.05) is 10.6 Å². The third-order valence-electron chi connectivity index (χ3n) is 5.60. The molecule has 2 aromatic carbocycles. The average Bonchev–Trinajstić information content (AvgIpc) is 3.18. The fourth-order valence-corrected chi connectivity index (χ4v) is 3.83. The van der Waals surface area contributed by atoms with Gasteiger partial charge < -0.3 is 15.4 Å². The molecular formula is C25H23N5O3. The summed E-state index contributed by atoms with van der Waals surface area (Å²) in [5.41, 5.74) is 5.23. The van der Waals surface area contributed by atoms with Crippen LogP contribution in [0, 0.1) is 13.8 Å². The van der Waals surface area contributed by atoms with E-state index >= 15 is 0 Å². The largest absolute Gasteiger partial charge is 0.479 e. The molecule has 0 unspecified atom stereocenters. The van der Waals surface area contributed by atoms with Gasteiger partial charge in [0.1, 0.15) is 5.75 Å². The van der Waals surface area contributed by atoms with Gasteiger partial charge in [0.25, 0.3) is 11.8 Å². The van der Waals surface area contributed by atoms with Crippen molar-refractivity contribution in [2.24, 2.45) is 0 Å². The van der Waals surface area contributed by atoms with Gasteiger partial charge in [0, 0.05) is 11.4 Å². The summed E-state index contributed by atoms with van der Waals surface area (Å²) in [5, 5.41) is 10.9. The number of aryl methyl sites for hydroxylation is 2. The van der Waals surface area contributed by atoms with Crippen molar-refractivity contribution in [3.05, 3.63) is 77.1 Å². The number of hydrogen-bond donors (Lipinski definition) is 2. The number of nitrogens with one attached hydrogen (secondary N) is 2. The number of fused-ring (bicyclic) bond motifs is 2. The molecule has 0 radical (unpaired) electrons. The first-order valence-electron chi connectivity index (χ1n) is 10.7. The highest BCUT2D eigenvalue weighted by atomic mass is 16.5. The lowest BCUT2D eigenvalue weighted by Crippen LogP contribution is -2.34. The van der Waals surface area contributed by atoms with Gasteiger partial charge >= 0.3 is 0 Å². The van der Waals surface area contributed by atoms with Crippen LogP contribution in [-0.4, -0.2) is 32.7 Å². The Kier molecular flexibility index (Phi) is 5.05. The number of aromatic nitrogens is 3. The van der Waals surface area contributed by atoms with Gasteiger partial charge in [-0.2, -0.15) is 5.10 Å². The van der Waals surface area contributed by atoms with Crippen molar-refractivity contribution in [3.63, 3.8) is 0 Å². The Morgan fingerprint density at radius 1 is 1.15 bits per heavy atom. The number of nitrogens with zero attached hydrogens (tertiary/aromatic N) is 3. The first-order chi connectivity index (χ1) is 15.9. The third kappa shape index (κ3) is 4.03. The van der Waals surface area contributed by atoms with Gasteiger partial charge in [0.05, 0.1) is 29.4 Å². The van der Waals surface area contributed by atoms with Crippen LogP contribution in [0.5, 0.6) is 5.75 Å². The molecule has 2 N–H and O–H groups in total. The normalized spacial score (nSPS) is 15.0. The van der Waals surface area contributed by atoms with E-state index in [0.29, 0.717) is 40.3 Å². The molecule has 8 nitrogen and oxygen atoms in total. The zero-order valence-corrected chi connectivity index (χ0v) is 18.5. The average molecular weight is 441 g/mol. The number of anilines is 2. The first kappa shape index (κ1) is 20.7. The molecule has 0 saturated carbocycles. The number of pyridine rings is 1. The van der Waals surface area contributed by atoms with Crippen LogP contribution in [0.15, 0.2) is 54.7 Å². The van der Waals surface area contributed by atoms with Crippen LogP contribution in [0.2, 0.25) is 0 Å². The zero-order valence-electron chi connectivity index (χ0n) is 18.5. The van der Waals surface area contributed by atoms with Crippen molar-refractivity contribution in [2.45, 2.75) is 33.4 Å². The van der Waals surface area contributed by atoms with E-state index in [1.54, 1.807) is 42.1 Å². The maximum absolute atomic E-state index is 13.2. The summed E-state index contributed by atoms with van der Waals surface area (Å²) >= 11 is 0. The Labute approximate surface area is 190 Å². The highest BCUT2D eigenvalue weighted by Gasteiger charge is 2.24. The molecule has 33 heavy (non-hydrogen) atoms. The Bertz CT molecular complexity index is 1390. The Morgan fingerprint density at radius 3 is 2.73 bits per heavy atom. The van der Waals surface area contributed by atoms with Crippen LogP contribution in [-0.2, 0) is 11.3 Å². The molecule has 3 heterocycles. The zero-order chi connectivity index (χ0) is 23.1. The summed E-state index contributed by atoms with van der Waals surface area (Å²) in [7, 11) is 0. The summed E-state index contributed by atoms with van der Waals surface area (Å²) < 4.78 is 7.38. The third-order valence-corrected chi connectivity index (χ3v) is 5.60. The Morgan fingerprint density at radius 2 is 1.94 bits per heavy atom. The lowest BCUT2D eigenvalue weighted by atomic mass is 10.1. The summed E-state index contributed by atoms with van der Waals surface area (Å²) in [5.74, 6) is 0.0646. The highest BCUT2D eigenvalue weighted by molar-refractivity contribution is 6.12. The van der Waals surface area contributed by atoms with Crippen LogP contribution in [0.3, 0.4) is 0 Å². The number of carbonyl (C=O) groups excluding carboxylic acids is 2. The van der Waals surface area contributed by atoms with Crippen molar-refractivity contribution in [3.8, 4) is 5.75 Å². The second-order valence-electron chi connectivity index (χ2n) is 8.25. The summed E-state index contributed by atoms with van der Waals surface area (Å²) in [6.45, 7) is 6.15. The van der Waals surface area contributed by atoms with Gasteiger partial charge in [0.15, 0.2) is 11.8 Å². The molecule has 8 heteroatoms. The fraction of sp³-hybridized carbons (Fsp3) is 0.200. The lowest BCUT2D eigenvalue weighted by Gasteiger charge is -2.23. The van der Waals surface area contributed by atoms with Gasteiger partial charge in [-0.25, -0.2) is 9.67 Å². The second-order valence-corrected chi connectivity index (χ2v) is 8.25. The van der Waals surface area contributed by atoms with Crippen molar-refractivity contribution >= 4 is 34.2 Å². The van der Waals surface area contributed by atoms with Gasteiger partial charge in [-0.1, -0.05) is 29.8 Å². The van der Waals surface area contributed by atoms with E-state index in [2.05, 4.69) is 45.0 Å². The van der Waals surface area contributed by atoms with Gasteiger partial charge in [-0.3, -0.25) is 9.59 Å². The minimum Gasteiger partial charge on any atom is -0.479 e. The minimum absolute atomic E-state index is 0.224. The quantitative estimate of drug-likeness (QED) is 0.498. The van der Waals surface area contributed by atoms with E-state index in [-0.39, 0.29) is 11.8 Å². The summed E-state index contributed by atoms with van der Waals surface area (Å²) in [4.78, 5) is 29.7. The topological polar surface area (TPSA) is 98.1 Å². The SMILES string of the molecule is Cc1ccc(Cn2ncc3c(C(=O)Nc4ccc5c(c4)NC(=O)[C@@H](C)O5)cc(C)nc32)cc1. The van der Waals surface area contributed by atoms with Crippen molar-refractivity contribution < 1.29 is 14.3 Å². The molecule has 166 valence electrons. The molecule has 2 amide bonds. The predicted molar refractivity (Wildman–Crippen MR) is 126 cm³/mol. The molecule has 0 fully saturated rings. The molecular weight excluding hydrogens is 418 g/mol. The molecule has 1 aliphatic rings. The molecule has 2 aromatic heterocycles. The van der Waals surface area contributed by atoms with Crippen LogP contribution in [0.1, 0.15) is 34.1 Å². The van der Waals surface area contributed by atoms with E-state index in [9.17, 15) is 9.59 Å². The Balaban J connectivity index is 1.43. The van der Waals surface area contributed by atoms with E-state index < -0.39 is 6.10 Å². The number of carbonyl (C=O) groups is 2. The highest BCUT2D eigenvalue weighted by Crippen LogP contribution is 2.32. The van der Waals surface area contributed by atoms with Crippen LogP contribution >= 0.6 is 0 Å². The number of ether oxygens (including phenoxy) is 1. The van der Waals surface area contributed by atoms with Gasteiger partial charge in [0.2, 0.25) is 0 Å². The van der Waals surface area contributed by atoms with Gasteiger partial charge in [-0.15, -0.1) is 0 Å². The summed E-state index contributed by atoms with van der Waals surface area (Å²) in [6.07, 6.45) is 1.12. The Hall–Kier alpha value is -4.20. The molecule has 0 saturated heterocycles. The number of hydrogen-bond acceptors (Lipinski definition) is 5. The monoisotopic (exact) mass is 441 g/mol. The number of rotatable bonds is 4. The van der Waals surface area contributed by atoms with Gasteiger partial charge in [-0.05, 0) is 50.6 Å². The molecule has 5 rings (SSSR count). The van der Waals surface area contributed by atoms with Crippen molar-refractivity contribution in [1.29, 1.82) is 0 Å². The van der Waals surface area contributed by atoms with Crippen molar-refractivity contribution in [1.82, 2.24) is 14.8 Å². The van der Waals surface area contributed by atoms with E-state index in [0.717, 1.165) is 11.3 Å². The second kappa shape index (κ2) is 8.05. The van der Waals surface area contributed by atoms with Crippen LogP contribution in [0.25, 0.3) is 11.0 Å². The standard InChI is InChI=1S/C25H23N5O3/c1-14-4-6-17(7-5-14)13-30-23-20(12-26-30)19(10-15(2)27-23)25(32)28-18-8-9-22-21(11-18)29-24(31)16(3)33-22/h4-12,16H,13H2,1-3H3,(H,28,32)(H,29,31)/t16-/m1/s1. The molecule has 0 bridgehead atoms. The molecule has 0 spiro atoms. The maximum Gasteiger partial charge on any atom is 0.265 e. The molecule has 0 aliphatic carbocycles. The predicted octanol–water partition coefficient (Wildman–Crippen LogP) is 4.07. The van der Waals surface area contributed by atoms with Crippen LogP contribution in [0.4, 0.5) is 11.4 Å². The fourth-order valence-electron chi connectivity index (χ4n) is 3.83. The number of amides is 2. The molecule has 1 atom stereocenters. The maximum atomic E-state index is 13.2. The van der Waals surface area contributed by atoms with Crippen LogP contribution < -0.4 is 15.4 Å².